The number of aryl methyl sites for hydroxylation is 1. The monoisotopic (exact) mass is 281 g/mol. The molecule has 0 spiro atoms. The number of oxime groups is 1. The predicted molar refractivity (Wildman–Crippen MR) is 63.7 cm³/mol. The van der Waals surface area contributed by atoms with Gasteiger partial charge >= 0.3 is 6.18 Å². The average Bonchev–Trinajstić information content (AvgIpc) is 2.68. The molecule has 0 bridgehead atoms. The van der Waals surface area contributed by atoms with Crippen LogP contribution in [0.3, 0.4) is 0 Å². The molecule has 0 aromatic carbocycles. The number of amidine groups is 1. The maximum atomic E-state index is 12.6. The van der Waals surface area contributed by atoms with Crippen LogP contribution in [-0.2, 0) is 6.54 Å². The van der Waals surface area contributed by atoms with Gasteiger partial charge < -0.3 is 16.3 Å². The van der Waals surface area contributed by atoms with Crippen LogP contribution in [0.25, 0.3) is 0 Å². The normalized spacial score (nSPS) is 14.8. The predicted octanol–water partition coefficient (Wildman–Crippen LogP) is 2.07. The Morgan fingerprint density at radius 2 is 2.22 bits per heavy atom. The summed E-state index contributed by atoms with van der Waals surface area (Å²) < 4.78 is 37.8. The number of nitrogens with zero attached hydrogens (tertiary/aromatic N) is 1. The SMILES string of the molecule is Cc1cscc1CNCC(/C(N)=N/O)C(F)(F)F. The smallest absolute Gasteiger partial charge is 0.400 e. The summed E-state index contributed by atoms with van der Waals surface area (Å²) >= 11 is 1.49. The molecule has 0 aliphatic heterocycles. The minimum atomic E-state index is -4.53. The van der Waals surface area contributed by atoms with Crippen LogP contribution < -0.4 is 11.1 Å². The highest BCUT2D eigenvalue weighted by molar-refractivity contribution is 7.08. The van der Waals surface area contributed by atoms with Crippen LogP contribution in [0, 0.1) is 12.8 Å². The lowest BCUT2D eigenvalue weighted by Crippen LogP contribution is -2.42. The summed E-state index contributed by atoms with van der Waals surface area (Å²) in [7, 11) is 0. The molecule has 1 aromatic rings. The topological polar surface area (TPSA) is 70.6 Å². The van der Waals surface area contributed by atoms with Crippen molar-refractivity contribution in [2.45, 2.75) is 19.6 Å². The molecule has 102 valence electrons. The Labute approximate surface area is 106 Å². The highest BCUT2D eigenvalue weighted by Gasteiger charge is 2.42. The second-order valence-corrected chi connectivity index (χ2v) is 4.57. The van der Waals surface area contributed by atoms with E-state index in [1.54, 1.807) is 0 Å². The molecule has 4 nitrogen and oxygen atoms in total. The molecule has 1 rings (SSSR count). The minimum absolute atomic E-state index is 0.320. The first-order valence-corrected chi connectivity index (χ1v) is 6.07. The van der Waals surface area contributed by atoms with E-state index in [0.29, 0.717) is 6.54 Å². The van der Waals surface area contributed by atoms with Gasteiger partial charge in [-0.25, -0.2) is 0 Å². The highest BCUT2D eigenvalue weighted by Crippen LogP contribution is 2.26. The van der Waals surface area contributed by atoms with Gasteiger partial charge in [-0.15, -0.1) is 0 Å². The van der Waals surface area contributed by atoms with Gasteiger partial charge in [-0.3, -0.25) is 0 Å². The van der Waals surface area contributed by atoms with Gasteiger partial charge in [-0.05, 0) is 28.8 Å². The van der Waals surface area contributed by atoms with Crippen molar-refractivity contribution >= 4 is 17.2 Å². The van der Waals surface area contributed by atoms with Crippen LogP contribution in [-0.4, -0.2) is 23.8 Å². The molecular weight excluding hydrogens is 267 g/mol. The van der Waals surface area contributed by atoms with E-state index in [1.165, 1.54) is 11.3 Å². The van der Waals surface area contributed by atoms with Crippen molar-refractivity contribution in [3.05, 3.63) is 21.9 Å². The lowest BCUT2D eigenvalue weighted by Gasteiger charge is -2.19. The van der Waals surface area contributed by atoms with Crippen LogP contribution in [0.5, 0.6) is 0 Å². The lowest BCUT2D eigenvalue weighted by atomic mass is 10.1. The van der Waals surface area contributed by atoms with E-state index in [-0.39, 0.29) is 0 Å². The second kappa shape index (κ2) is 6.05. The van der Waals surface area contributed by atoms with Crippen LogP contribution >= 0.6 is 11.3 Å². The fraction of sp³-hybridized carbons (Fsp3) is 0.500. The van der Waals surface area contributed by atoms with E-state index in [4.69, 9.17) is 10.9 Å². The number of rotatable bonds is 5. The number of nitrogens with one attached hydrogen (secondary N) is 1. The first-order chi connectivity index (χ1) is 8.36. The van der Waals surface area contributed by atoms with E-state index in [2.05, 4.69) is 10.5 Å². The van der Waals surface area contributed by atoms with Crippen molar-refractivity contribution in [2.24, 2.45) is 16.8 Å². The Hall–Kier alpha value is -1.28. The molecule has 0 saturated heterocycles. The molecule has 8 heteroatoms. The zero-order valence-corrected chi connectivity index (χ0v) is 10.5. The quantitative estimate of drug-likeness (QED) is 0.335. The van der Waals surface area contributed by atoms with Gasteiger partial charge in [0, 0.05) is 13.1 Å². The van der Waals surface area contributed by atoms with Crippen LogP contribution in [0.2, 0.25) is 0 Å². The Morgan fingerprint density at radius 3 is 2.67 bits per heavy atom. The Morgan fingerprint density at radius 1 is 1.56 bits per heavy atom. The lowest BCUT2D eigenvalue weighted by molar-refractivity contribution is -0.154. The standard InChI is InChI=1S/C10H14F3N3OS/c1-6-4-18-5-7(6)2-15-3-8(9(14)16-17)10(11,12)13/h4-5,8,15,17H,2-3H2,1H3,(H2,14,16). The molecule has 1 unspecified atom stereocenters. The average molecular weight is 281 g/mol. The van der Waals surface area contributed by atoms with E-state index in [9.17, 15) is 13.2 Å². The van der Waals surface area contributed by atoms with Gasteiger partial charge in [0.05, 0.1) is 0 Å². The molecule has 1 atom stereocenters. The summed E-state index contributed by atoms with van der Waals surface area (Å²) in [5.41, 5.74) is 7.01. The van der Waals surface area contributed by atoms with E-state index >= 15 is 0 Å². The fourth-order valence-electron chi connectivity index (χ4n) is 1.38. The van der Waals surface area contributed by atoms with Crippen molar-refractivity contribution < 1.29 is 18.4 Å². The number of alkyl halides is 3. The molecule has 0 saturated carbocycles. The number of thiophene rings is 1. The molecule has 0 radical (unpaired) electrons. The van der Waals surface area contributed by atoms with Crippen molar-refractivity contribution in [1.82, 2.24) is 5.32 Å². The molecule has 1 aromatic heterocycles. The number of hydrogen-bond donors (Lipinski definition) is 3. The van der Waals surface area contributed by atoms with Crippen molar-refractivity contribution in [3.8, 4) is 0 Å². The van der Waals surface area contributed by atoms with Gasteiger partial charge in [0.1, 0.15) is 5.92 Å². The summed E-state index contributed by atoms with van der Waals surface area (Å²) in [5.74, 6) is -2.82. The molecule has 0 amide bonds. The molecule has 4 N–H and O–H groups in total. The van der Waals surface area contributed by atoms with Crippen molar-refractivity contribution in [2.75, 3.05) is 6.54 Å². The van der Waals surface area contributed by atoms with Gasteiger partial charge in [0.25, 0.3) is 0 Å². The first kappa shape index (κ1) is 14.8. The minimum Gasteiger partial charge on any atom is -0.409 e. The maximum absolute atomic E-state index is 12.6. The van der Waals surface area contributed by atoms with E-state index in [1.807, 2.05) is 17.7 Å². The zero-order valence-electron chi connectivity index (χ0n) is 9.66. The second-order valence-electron chi connectivity index (χ2n) is 3.83. The summed E-state index contributed by atoms with van der Waals surface area (Å²) in [6.07, 6.45) is -4.53. The summed E-state index contributed by atoms with van der Waals surface area (Å²) in [4.78, 5) is 0. The summed E-state index contributed by atoms with van der Waals surface area (Å²) in [5, 5.41) is 17.2. The van der Waals surface area contributed by atoms with Gasteiger partial charge in [0.15, 0.2) is 5.84 Å². The Kier molecular flexibility index (Phi) is 4.97. The Bertz CT molecular complexity index is 417. The third-order valence-corrected chi connectivity index (χ3v) is 3.40. The zero-order chi connectivity index (χ0) is 13.8. The van der Waals surface area contributed by atoms with Gasteiger partial charge in [-0.2, -0.15) is 24.5 Å². The van der Waals surface area contributed by atoms with Gasteiger partial charge in [0.2, 0.25) is 0 Å². The molecule has 0 aliphatic carbocycles. The molecule has 1 heterocycles. The summed E-state index contributed by atoms with van der Waals surface area (Å²) in [6.45, 7) is 1.79. The van der Waals surface area contributed by atoms with Crippen LogP contribution in [0.15, 0.2) is 15.9 Å². The third-order valence-electron chi connectivity index (χ3n) is 2.49. The fourth-order valence-corrected chi connectivity index (χ4v) is 2.23. The van der Waals surface area contributed by atoms with Crippen molar-refractivity contribution in [3.63, 3.8) is 0 Å². The van der Waals surface area contributed by atoms with Gasteiger partial charge in [-0.1, -0.05) is 5.16 Å². The Balaban J connectivity index is 2.56. The van der Waals surface area contributed by atoms with Crippen LogP contribution in [0.4, 0.5) is 13.2 Å². The highest BCUT2D eigenvalue weighted by atomic mass is 32.1. The molecular formula is C10H14F3N3OS. The number of hydrogen-bond acceptors (Lipinski definition) is 4. The van der Waals surface area contributed by atoms with Crippen LogP contribution in [0.1, 0.15) is 11.1 Å². The first-order valence-electron chi connectivity index (χ1n) is 5.12. The van der Waals surface area contributed by atoms with E-state index < -0.39 is 24.5 Å². The number of halogens is 3. The van der Waals surface area contributed by atoms with E-state index in [0.717, 1.165) is 11.1 Å². The molecule has 18 heavy (non-hydrogen) atoms. The largest absolute Gasteiger partial charge is 0.409 e. The maximum Gasteiger partial charge on any atom is 0.400 e. The summed E-state index contributed by atoms with van der Waals surface area (Å²) in [6, 6.07) is 0. The van der Waals surface area contributed by atoms with Crippen molar-refractivity contribution in [1.29, 1.82) is 0 Å². The number of nitrogens with two attached hydrogens (primary N) is 1. The molecule has 0 fully saturated rings. The molecule has 0 aliphatic rings. The third kappa shape index (κ3) is 3.88.